The predicted octanol–water partition coefficient (Wildman–Crippen LogP) is 3.95. The van der Waals surface area contributed by atoms with Crippen molar-refractivity contribution in [3.63, 3.8) is 0 Å². The van der Waals surface area contributed by atoms with Crippen molar-refractivity contribution >= 4 is 45.9 Å². The van der Waals surface area contributed by atoms with Gasteiger partial charge in [-0.05, 0) is 32.4 Å². The molecule has 3 rings (SSSR count). The molecule has 0 atom stereocenters. The molecule has 0 spiro atoms. The molecule has 0 aliphatic rings. The van der Waals surface area contributed by atoms with Crippen molar-refractivity contribution in [3.8, 4) is 11.4 Å². The molecule has 1 amide bonds. The van der Waals surface area contributed by atoms with Crippen LogP contribution in [0.25, 0.3) is 11.4 Å². The van der Waals surface area contributed by atoms with E-state index in [0.29, 0.717) is 17.3 Å². The van der Waals surface area contributed by atoms with E-state index in [-0.39, 0.29) is 27.1 Å². The minimum absolute atomic E-state index is 0.0388. The summed E-state index contributed by atoms with van der Waals surface area (Å²) in [5, 5.41) is 12.1. The molecule has 2 aromatic heterocycles. The van der Waals surface area contributed by atoms with Gasteiger partial charge < -0.3 is 19.4 Å². The molecule has 1 N–H and O–H groups in total. The second-order valence-corrected chi connectivity index (χ2v) is 8.96. The number of nitrogens with zero attached hydrogens (tertiary/aromatic N) is 3. The van der Waals surface area contributed by atoms with Crippen LogP contribution in [0.2, 0.25) is 0 Å². The molecule has 174 valence electrons. The number of rotatable bonds is 8. The quantitative estimate of drug-likeness (QED) is 0.375. The van der Waals surface area contributed by atoms with Gasteiger partial charge in [-0.15, -0.1) is 21.5 Å². The van der Waals surface area contributed by atoms with Crippen molar-refractivity contribution in [1.82, 2.24) is 14.8 Å². The summed E-state index contributed by atoms with van der Waals surface area (Å²) in [6.45, 7) is 6.24. The van der Waals surface area contributed by atoms with Crippen LogP contribution in [-0.2, 0) is 20.8 Å². The van der Waals surface area contributed by atoms with Gasteiger partial charge >= 0.3 is 11.9 Å². The summed E-state index contributed by atoms with van der Waals surface area (Å²) in [6.07, 6.45) is 0. The normalized spacial score (nSPS) is 10.7. The first-order valence-electron chi connectivity index (χ1n) is 10.0. The van der Waals surface area contributed by atoms with E-state index in [2.05, 4.69) is 15.5 Å². The molecule has 0 saturated carbocycles. The zero-order chi connectivity index (χ0) is 24.1. The van der Waals surface area contributed by atoms with E-state index >= 15 is 0 Å². The number of carbonyl (C=O) groups excluding carboxylic acids is 3. The molecule has 0 aliphatic heterocycles. The van der Waals surface area contributed by atoms with Crippen LogP contribution < -0.4 is 5.32 Å². The summed E-state index contributed by atoms with van der Waals surface area (Å²) in [6, 6.07) is 7.97. The van der Waals surface area contributed by atoms with Crippen molar-refractivity contribution in [2.24, 2.45) is 0 Å². The maximum atomic E-state index is 12.7. The van der Waals surface area contributed by atoms with Gasteiger partial charge in [0.15, 0.2) is 11.0 Å². The molecule has 0 unspecified atom stereocenters. The highest BCUT2D eigenvalue weighted by Gasteiger charge is 2.27. The first kappa shape index (κ1) is 24.5. The summed E-state index contributed by atoms with van der Waals surface area (Å²) >= 11 is 2.21. The summed E-state index contributed by atoms with van der Waals surface area (Å²) in [5.41, 5.74) is 2.60. The zero-order valence-corrected chi connectivity index (χ0v) is 20.6. The molecule has 0 aliphatic carbocycles. The highest BCUT2D eigenvalue weighted by Crippen LogP contribution is 2.34. The number of thiophene rings is 1. The Morgan fingerprint density at radius 3 is 2.48 bits per heavy atom. The van der Waals surface area contributed by atoms with Crippen LogP contribution in [0, 0.1) is 13.8 Å². The first-order chi connectivity index (χ1) is 15.8. The van der Waals surface area contributed by atoms with Crippen molar-refractivity contribution in [3.05, 3.63) is 45.8 Å². The molecular formula is C22H24N4O5S2. The summed E-state index contributed by atoms with van der Waals surface area (Å²) in [7, 11) is 2.49. The molecule has 0 bridgehead atoms. The van der Waals surface area contributed by atoms with Crippen molar-refractivity contribution in [2.45, 2.75) is 32.5 Å². The lowest BCUT2D eigenvalue weighted by atomic mass is 10.1. The number of benzene rings is 1. The lowest BCUT2D eigenvalue weighted by Crippen LogP contribution is -2.16. The number of anilines is 1. The Hall–Kier alpha value is -3.18. The van der Waals surface area contributed by atoms with Crippen LogP contribution in [0.1, 0.15) is 38.1 Å². The fourth-order valence-corrected chi connectivity index (χ4v) is 5.14. The molecule has 3 aromatic rings. The average Bonchev–Trinajstić information content (AvgIpc) is 3.37. The van der Waals surface area contributed by atoms with Crippen LogP contribution in [0.15, 0.2) is 29.4 Å². The molecule has 2 heterocycles. The van der Waals surface area contributed by atoms with E-state index in [1.807, 2.05) is 42.7 Å². The number of esters is 2. The van der Waals surface area contributed by atoms with Gasteiger partial charge in [0.25, 0.3) is 0 Å². The molecule has 0 saturated heterocycles. The molecule has 0 radical (unpaired) electrons. The number of amides is 1. The van der Waals surface area contributed by atoms with Crippen molar-refractivity contribution in [1.29, 1.82) is 0 Å². The van der Waals surface area contributed by atoms with E-state index in [4.69, 9.17) is 9.47 Å². The second-order valence-electron chi connectivity index (χ2n) is 7.00. The van der Waals surface area contributed by atoms with Gasteiger partial charge in [0.05, 0.1) is 25.5 Å². The molecule has 0 fully saturated rings. The Labute approximate surface area is 199 Å². The molecular weight excluding hydrogens is 464 g/mol. The van der Waals surface area contributed by atoms with Crippen LogP contribution in [-0.4, -0.2) is 52.6 Å². The van der Waals surface area contributed by atoms with Gasteiger partial charge in [-0.2, -0.15) is 0 Å². The Morgan fingerprint density at radius 1 is 1.12 bits per heavy atom. The highest BCUT2D eigenvalue weighted by molar-refractivity contribution is 7.99. The van der Waals surface area contributed by atoms with Crippen LogP contribution >= 0.6 is 23.1 Å². The largest absolute Gasteiger partial charge is 0.465 e. The van der Waals surface area contributed by atoms with Crippen LogP contribution in [0.5, 0.6) is 0 Å². The van der Waals surface area contributed by atoms with Gasteiger partial charge in [0.1, 0.15) is 9.88 Å². The minimum Gasteiger partial charge on any atom is -0.465 e. The van der Waals surface area contributed by atoms with Gasteiger partial charge in [-0.3, -0.25) is 4.79 Å². The second kappa shape index (κ2) is 10.6. The zero-order valence-electron chi connectivity index (χ0n) is 18.9. The van der Waals surface area contributed by atoms with Crippen molar-refractivity contribution in [2.75, 3.05) is 25.3 Å². The third-order valence-electron chi connectivity index (χ3n) is 4.80. The number of hydrogen-bond acceptors (Lipinski definition) is 9. The van der Waals surface area contributed by atoms with Gasteiger partial charge in [0, 0.05) is 12.1 Å². The monoisotopic (exact) mass is 488 g/mol. The number of ether oxygens (including phenoxy) is 2. The van der Waals surface area contributed by atoms with Gasteiger partial charge in [-0.1, -0.05) is 35.5 Å². The Morgan fingerprint density at radius 2 is 1.85 bits per heavy atom. The third kappa shape index (κ3) is 5.25. The highest BCUT2D eigenvalue weighted by atomic mass is 32.2. The molecule has 11 heteroatoms. The fourth-order valence-electron chi connectivity index (χ4n) is 3.21. The SMILES string of the molecule is CCn1c(SCC(=O)Nc2sc(C(=O)OC)c(C)c2C(=O)OC)nnc1-c1cccc(C)c1. The Balaban J connectivity index is 1.78. The van der Waals surface area contributed by atoms with E-state index in [9.17, 15) is 14.4 Å². The number of thioether (sulfide) groups is 1. The molecule has 33 heavy (non-hydrogen) atoms. The van der Waals surface area contributed by atoms with Crippen LogP contribution in [0.4, 0.5) is 5.00 Å². The van der Waals surface area contributed by atoms with Crippen LogP contribution in [0.3, 0.4) is 0 Å². The number of aromatic nitrogens is 3. The van der Waals surface area contributed by atoms with Gasteiger partial charge in [-0.25, -0.2) is 9.59 Å². The van der Waals surface area contributed by atoms with Gasteiger partial charge in [0.2, 0.25) is 5.91 Å². The number of methoxy groups -OCH3 is 2. The van der Waals surface area contributed by atoms with E-state index in [0.717, 1.165) is 28.3 Å². The minimum atomic E-state index is -0.643. The number of nitrogens with one attached hydrogen (secondary N) is 1. The maximum Gasteiger partial charge on any atom is 0.348 e. The number of hydrogen-bond donors (Lipinski definition) is 1. The first-order valence-corrected chi connectivity index (χ1v) is 11.8. The molecule has 9 nitrogen and oxygen atoms in total. The lowest BCUT2D eigenvalue weighted by molar-refractivity contribution is -0.113. The Bertz CT molecular complexity index is 1200. The van der Waals surface area contributed by atoms with Crippen molar-refractivity contribution < 1.29 is 23.9 Å². The summed E-state index contributed by atoms with van der Waals surface area (Å²) in [5.74, 6) is -0.816. The average molecular weight is 489 g/mol. The van der Waals surface area contributed by atoms with E-state index in [1.54, 1.807) is 6.92 Å². The predicted molar refractivity (Wildman–Crippen MR) is 127 cm³/mol. The maximum absolute atomic E-state index is 12.7. The smallest absolute Gasteiger partial charge is 0.348 e. The standard InChI is InChI=1S/C22H24N4O5S2/c1-6-26-18(14-9-7-8-12(2)10-14)24-25-22(26)32-11-15(27)23-19-16(20(28)30-4)13(3)17(33-19)21(29)31-5/h7-10H,6,11H2,1-5H3,(H,23,27). The van der Waals surface area contributed by atoms with E-state index in [1.165, 1.54) is 26.0 Å². The number of carbonyl (C=O) groups is 3. The topological polar surface area (TPSA) is 112 Å². The fraction of sp³-hybridized carbons (Fsp3) is 0.318. The number of aryl methyl sites for hydroxylation is 1. The summed E-state index contributed by atoms with van der Waals surface area (Å²) < 4.78 is 11.5. The lowest BCUT2D eigenvalue weighted by Gasteiger charge is -2.08. The third-order valence-corrected chi connectivity index (χ3v) is 6.96. The van der Waals surface area contributed by atoms with E-state index < -0.39 is 11.9 Å². The summed E-state index contributed by atoms with van der Waals surface area (Å²) in [4.78, 5) is 37.2. The Kier molecular flexibility index (Phi) is 7.88. The molecule has 1 aromatic carbocycles.